The molecule has 2 unspecified atom stereocenters. The number of hydrogen-bond acceptors (Lipinski definition) is 5. The smallest absolute Gasteiger partial charge is 0.240 e. The maximum Gasteiger partial charge on any atom is 0.240 e. The molecule has 1 aliphatic carbocycles. The highest BCUT2D eigenvalue weighted by molar-refractivity contribution is 6.30. The van der Waals surface area contributed by atoms with Crippen molar-refractivity contribution in [3.63, 3.8) is 0 Å². The number of para-hydroxylation sites is 5. The lowest BCUT2D eigenvalue weighted by molar-refractivity contribution is 0.702. The van der Waals surface area contributed by atoms with Gasteiger partial charge in [-0.3, -0.25) is 9.47 Å². The zero-order chi connectivity index (χ0) is 34.3. The van der Waals surface area contributed by atoms with Gasteiger partial charge in [0.15, 0.2) is 5.82 Å². The second-order valence-corrected chi connectivity index (χ2v) is 13.8. The Kier molecular flexibility index (Phi) is 6.33. The average Bonchev–Trinajstić information content (AvgIpc) is 3.84. The predicted molar refractivity (Wildman–Crippen MR) is 212 cm³/mol. The summed E-state index contributed by atoms with van der Waals surface area (Å²) in [6.07, 6.45) is 4.61. The van der Waals surface area contributed by atoms with E-state index in [4.69, 9.17) is 26.6 Å². The van der Waals surface area contributed by atoms with Gasteiger partial charge >= 0.3 is 0 Å². The summed E-state index contributed by atoms with van der Waals surface area (Å²) in [6.45, 7) is 0. The van der Waals surface area contributed by atoms with Crippen LogP contribution in [0.4, 0.5) is 23.0 Å². The van der Waals surface area contributed by atoms with Gasteiger partial charge in [-0.25, -0.2) is 0 Å². The van der Waals surface area contributed by atoms with Gasteiger partial charge in [0.1, 0.15) is 0 Å². The van der Waals surface area contributed by atoms with Crippen molar-refractivity contribution in [3.05, 3.63) is 180 Å². The topological polar surface area (TPSA) is 50.1 Å². The normalized spacial score (nSPS) is 17.1. The van der Waals surface area contributed by atoms with Crippen LogP contribution in [0.2, 0.25) is 5.02 Å². The van der Waals surface area contributed by atoms with Crippen LogP contribution in [-0.4, -0.2) is 31.6 Å². The third-order valence-corrected chi connectivity index (χ3v) is 10.8. The van der Waals surface area contributed by atoms with Crippen molar-refractivity contribution in [3.8, 4) is 17.3 Å². The fraction of sp³-hybridized carbons (Fsp3) is 0.0444. The molecular weight excluding hydrogens is 660 g/mol. The van der Waals surface area contributed by atoms with E-state index < -0.39 is 0 Å². The maximum absolute atomic E-state index is 6.59. The van der Waals surface area contributed by atoms with Gasteiger partial charge in [-0.15, -0.1) is 0 Å². The van der Waals surface area contributed by atoms with Crippen LogP contribution in [0.15, 0.2) is 164 Å². The summed E-state index contributed by atoms with van der Waals surface area (Å²) in [4.78, 5) is 20.8. The number of hydrogen-bond donors (Lipinski definition) is 0. The summed E-state index contributed by atoms with van der Waals surface area (Å²) < 4.78 is 2.16. The first kappa shape index (κ1) is 29.3. The first-order valence-electron chi connectivity index (χ1n) is 17.5. The summed E-state index contributed by atoms with van der Waals surface area (Å²) >= 11 is 6.59. The molecule has 0 saturated heterocycles. The van der Waals surface area contributed by atoms with Crippen LogP contribution >= 0.6 is 11.6 Å². The molecule has 0 saturated carbocycles. The molecule has 2 aromatic heterocycles. The Labute approximate surface area is 305 Å². The average molecular weight is 689 g/mol. The first-order chi connectivity index (χ1) is 25.7. The third-order valence-electron chi connectivity index (χ3n) is 10.6. The summed E-state index contributed by atoms with van der Waals surface area (Å²) in [7, 11) is 0. The van der Waals surface area contributed by atoms with Crippen LogP contribution in [0.3, 0.4) is 0 Å². The van der Waals surface area contributed by atoms with Crippen molar-refractivity contribution in [2.75, 3.05) is 9.80 Å². The predicted octanol–water partition coefficient (Wildman–Crippen LogP) is 10.8. The molecule has 246 valence electrons. The lowest BCUT2D eigenvalue weighted by atomic mass is 9.85. The Morgan fingerprint density at radius 2 is 1.04 bits per heavy atom. The quantitative estimate of drug-likeness (QED) is 0.184. The molecule has 7 heteroatoms. The minimum atomic E-state index is -0.134. The van der Waals surface area contributed by atoms with Crippen LogP contribution in [0, 0.1) is 0 Å². The molecule has 0 spiro atoms. The number of allylic oxidation sites excluding steroid dienone is 2. The Balaban J connectivity index is 1.19. The highest BCUT2D eigenvalue weighted by atomic mass is 35.5. The molecule has 0 N–H and O–H groups in total. The van der Waals surface area contributed by atoms with E-state index in [-0.39, 0.29) is 12.1 Å². The van der Waals surface area contributed by atoms with Gasteiger partial charge in [0.2, 0.25) is 11.9 Å². The van der Waals surface area contributed by atoms with E-state index in [9.17, 15) is 0 Å². The number of anilines is 4. The number of fused-ring (bicyclic) bond motifs is 10. The highest BCUT2D eigenvalue weighted by Crippen LogP contribution is 2.56. The Bertz CT molecular complexity index is 2750. The molecule has 0 bridgehead atoms. The summed E-state index contributed by atoms with van der Waals surface area (Å²) in [5.74, 6) is 1.68. The molecule has 4 heterocycles. The monoisotopic (exact) mass is 688 g/mol. The van der Waals surface area contributed by atoms with E-state index in [0.717, 1.165) is 38.7 Å². The Morgan fingerprint density at radius 3 is 1.71 bits per heavy atom. The number of nitrogens with zero attached hydrogens (tertiary/aromatic N) is 6. The van der Waals surface area contributed by atoms with E-state index in [0.29, 0.717) is 22.7 Å². The zero-order valence-electron chi connectivity index (χ0n) is 27.8. The summed E-state index contributed by atoms with van der Waals surface area (Å²) in [5.41, 5.74) is 11.2. The summed E-state index contributed by atoms with van der Waals surface area (Å²) in [5, 5.41) is 2.91. The molecule has 11 rings (SSSR count). The molecule has 0 fully saturated rings. The molecule has 6 aromatic carbocycles. The lowest BCUT2D eigenvalue weighted by Gasteiger charge is -2.39. The Morgan fingerprint density at radius 1 is 0.481 bits per heavy atom. The van der Waals surface area contributed by atoms with Gasteiger partial charge in [-0.2, -0.15) is 15.0 Å². The SMILES string of the molecule is Clc1cccc(-c2nc(N3c4ccccc4C4=CC=C5c6ccccc6N(c6ccccc6)C5C43)nc(-n3c4ccccc4c4ccccc43)n2)c1. The fourth-order valence-electron chi connectivity index (χ4n) is 8.51. The molecule has 2 aliphatic heterocycles. The van der Waals surface area contributed by atoms with Crippen molar-refractivity contribution in [1.29, 1.82) is 0 Å². The van der Waals surface area contributed by atoms with E-state index in [1.807, 2.05) is 24.3 Å². The van der Waals surface area contributed by atoms with Crippen LogP contribution in [0.25, 0.3) is 50.3 Å². The van der Waals surface area contributed by atoms with E-state index in [1.165, 1.54) is 28.0 Å². The van der Waals surface area contributed by atoms with Gasteiger partial charge in [-0.05, 0) is 59.7 Å². The molecule has 6 nitrogen and oxygen atoms in total. The zero-order valence-corrected chi connectivity index (χ0v) is 28.6. The second-order valence-electron chi connectivity index (χ2n) is 13.4. The summed E-state index contributed by atoms with van der Waals surface area (Å²) in [6, 6.07) is 52.5. The Hall–Kier alpha value is -6.50. The molecule has 52 heavy (non-hydrogen) atoms. The number of aromatic nitrogens is 4. The van der Waals surface area contributed by atoms with E-state index >= 15 is 0 Å². The van der Waals surface area contributed by atoms with Crippen LogP contribution in [0.1, 0.15) is 11.1 Å². The van der Waals surface area contributed by atoms with Crippen LogP contribution in [0.5, 0.6) is 0 Å². The second kappa shape index (κ2) is 11.3. The minimum Gasteiger partial charge on any atom is -0.331 e. The van der Waals surface area contributed by atoms with Gasteiger partial charge in [0.25, 0.3) is 0 Å². The first-order valence-corrected chi connectivity index (χ1v) is 17.9. The molecule has 8 aromatic rings. The molecule has 3 aliphatic rings. The van der Waals surface area contributed by atoms with Crippen molar-refractivity contribution in [2.45, 2.75) is 12.1 Å². The number of rotatable bonds is 4. The van der Waals surface area contributed by atoms with E-state index in [1.54, 1.807) is 0 Å². The van der Waals surface area contributed by atoms with Crippen molar-refractivity contribution >= 4 is 67.6 Å². The molecule has 0 radical (unpaired) electrons. The van der Waals surface area contributed by atoms with Gasteiger partial charge < -0.3 is 4.90 Å². The number of halogens is 1. The van der Waals surface area contributed by atoms with E-state index in [2.05, 4.69) is 154 Å². The fourth-order valence-corrected chi connectivity index (χ4v) is 8.70. The third kappa shape index (κ3) is 4.22. The van der Waals surface area contributed by atoms with Crippen LogP contribution < -0.4 is 9.80 Å². The van der Waals surface area contributed by atoms with Crippen molar-refractivity contribution in [1.82, 2.24) is 19.5 Å². The molecule has 2 atom stereocenters. The van der Waals surface area contributed by atoms with Gasteiger partial charge in [0, 0.05) is 43.9 Å². The van der Waals surface area contributed by atoms with Crippen molar-refractivity contribution < 1.29 is 0 Å². The maximum atomic E-state index is 6.59. The highest BCUT2D eigenvalue weighted by Gasteiger charge is 2.50. The minimum absolute atomic E-state index is 0.0460. The standard InChI is InChI=1S/C45H29ClN6/c46-29-14-12-13-28(27-29)43-47-44(51-38-22-9-4-17-31(38)32-18-5-10-23-39(32)51)49-45(48-43)52-40-24-11-7-20-34(40)36-26-25-35-33-19-6-8-21-37(33)50(41(35)42(36)52)30-15-2-1-3-16-30/h1-27,41-42H. The van der Waals surface area contributed by atoms with Gasteiger partial charge in [-0.1, -0.05) is 127 Å². The number of benzene rings is 6. The molecular formula is C45H29ClN6. The molecule has 0 amide bonds. The van der Waals surface area contributed by atoms with Crippen molar-refractivity contribution in [2.24, 2.45) is 0 Å². The van der Waals surface area contributed by atoms with Gasteiger partial charge in [0.05, 0.1) is 28.8 Å². The largest absolute Gasteiger partial charge is 0.331 e. The van der Waals surface area contributed by atoms with Crippen LogP contribution in [-0.2, 0) is 0 Å². The lowest BCUT2D eigenvalue weighted by Crippen LogP contribution is -2.47.